The molecule has 0 aliphatic carbocycles. The van der Waals surface area contributed by atoms with Crippen molar-refractivity contribution >= 4 is 6.09 Å². The molecule has 0 saturated carbocycles. The highest BCUT2D eigenvalue weighted by Crippen LogP contribution is 2.26. The van der Waals surface area contributed by atoms with Crippen LogP contribution in [0.5, 0.6) is 0 Å². The van der Waals surface area contributed by atoms with Crippen molar-refractivity contribution in [2.75, 3.05) is 0 Å². The van der Waals surface area contributed by atoms with Gasteiger partial charge in [0.05, 0.1) is 17.9 Å². The molecule has 6 nitrogen and oxygen atoms in total. The van der Waals surface area contributed by atoms with E-state index in [0.29, 0.717) is 17.9 Å². The Morgan fingerprint density at radius 2 is 1.90 bits per heavy atom. The first kappa shape index (κ1) is 21.5. The van der Waals surface area contributed by atoms with Crippen molar-refractivity contribution in [3.8, 4) is 11.3 Å². The average molecular weight is 410 g/mol. The number of rotatable bonds is 8. The van der Waals surface area contributed by atoms with Crippen LogP contribution < -0.4 is 5.32 Å². The molecule has 158 valence electrons. The maximum atomic E-state index is 13.1. The average Bonchev–Trinajstić information content (AvgIpc) is 3.16. The lowest BCUT2D eigenvalue weighted by Crippen LogP contribution is -2.29. The number of carboxylic acid groups (broad SMARTS) is 1. The van der Waals surface area contributed by atoms with Crippen molar-refractivity contribution in [3.05, 3.63) is 71.7 Å². The van der Waals surface area contributed by atoms with E-state index in [2.05, 4.69) is 41.0 Å². The number of nitrogens with zero attached hydrogens (tertiary/aromatic N) is 2. The lowest BCUT2D eigenvalue weighted by Gasteiger charge is -2.21. The monoisotopic (exact) mass is 410 g/mol. The van der Waals surface area contributed by atoms with Crippen molar-refractivity contribution in [2.45, 2.75) is 46.1 Å². The molecular formula is C23H27FN4O2. The number of pyridine rings is 1. The minimum Gasteiger partial charge on any atom is -0.465 e. The van der Waals surface area contributed by atoms with Gasteiger partial charge in [0.15, 0.2) is 0 Å². The lowest BCUT2D eigenvalue weighted by atomic mass is 9.85. The molecule has 7 heteroatoms. The summed E-state index contributed by atoms with van der Waals surface area (Å²) >= 11 is 0. The topological polar surface area (TPSA) is 90.9 Å². The quantitative estimate of drug-likeness (QED) is 0.479. The summed E-state index contributed by atoms with van der Waals surface area (Å²) in [5.41, 5.74) is 3.63. The molecule has 0 saturated heterocycles. The first-order chi connectivity index (χ1) is 14.3. The number of aromatic amines is 1. The maximum Gasteiger partial charge on any atom is 0.405 e. The molecule has 30 heavy (non-hydrogen) atoms. The summed E-state index contributed by atoms with van der Waals surface area (Å²) in [6.45, 7) is 6.53. The SMILES string of the molecule is CCC(C)(C)Cc1cnc(C(Cc2ccc(-c3ccc(F)cn3)cc2)NC(=O)O)[nH]1. The Kier molecular flexibility index (Phi) is 6.50. The van der Waals surface area contributed by atoms with Crippen LogP contribution in [0, 0.1) is 11.2 Å². The predicted molar refractivity (Wildman–Crippen MR) is 114 cm³/mol. The Labute approximate surface area is 175 Å². The number of halogens is 1. The largest absolute Gasteiger partial charge is 0.465 e. The van der Waals surface area contributed by atoms with Gasteiger partial charge < -0.3 is 15.4 Å². The van der Waals surface area contributed by atoms with Crippen LogP contribution in [-0.2, 0) is 12.8 Å². The molecular weight excluding hydrogens is 383 g/mol. The van der Waals surface area contributed by atoms with Crippen molar-refractivity contribution in [3.63, 3.8) is 0 Å². The highest BCUT2D eigenvalue weighted by Gasteiger charge is 2.21. The predicted octanol–water partition coefficient (Wildman–Crippen LogP) is 5.14. The molecule has 0 aliphatic rings. The fourth-order valence-corrected chi connectivity index (χ4v) is 3.24. The van der Waals surface area contributed by atoms with Gasteiger partial charge in [-0.3, -0.25) is 4.98 Å². The van der Waals surface area contributed by atoms with Gasteiger partial charge >= 0.3 is 6.09 Å². The fraction of sp³-hybridized carbons (Fsp3) is 0.348. The number of amides is 1. The van der Waals surface area contributed by atoms with E-state index < -0.39 is 12.1 Å². The molecule has 0 radical (unpaired) electrons. The van der Waals surface area contributed by atoms with E-state index in [4.69, 9.17) is 0 Å². The zero-order chi connectivity index (χ0) is 21.7. The molecule has 2 aromatic heterocycles. The van der Waals surface area contributed by atoms with E-state index in [1.165, 1.54) is 12.3 Å². The lowest BCUT2D eigenvalue weighted by molar-refractivity contribution is 0.189. The first-order valence-electron chi connectivity index (χ1n) is 10.00. The van der Waals surface area contributed by atoms with Gasteiger partial charge in [-0.1, -0.05) is 51.5 Å². The smallest absolute Gasteiger partial charge is 0.405 e. The third kappa shape index (κ3) is 5.65. The zero-order valence-corrected chi connectivity index (χ0v) is 17.4. The third-order valence-corrected chi connectivity index (χ3v) is 5.32. The van der Waals surface area contributed by atoms with Crippen LogP contribution in [0.15, 0.2) is 48.8 Å². The second kappa shape index (κ2) is 9.07. The molecule has 3 N–H and O–H groups in total. The van der Waals surface area contributed by atoms with Crippen molar-refractivity contribution in [1.82, 2.24) is 20.3 Å². The van der Waals surface area contributed by atoms with Crippen LogP contribution >= 0.6 is 0 Å². The summed E-state index contributed by atoms with van der Waals surface area (Å²) in [6.07, 6.45) is 4.20. The van der Waals surface area contributed by atoms with Crippen LogP contribution in [-0.4, -0.2) is 26.2 Å². The Balaban J connectivity index is 1.76. The Morgan fingerprint density at radius 3 is 2.50 bits per heavy atom. The molecule has 3 rings (SSSR count). The maximum absolute atomic E-state index is 13.1. The van der Waals surface area contributed by atoms with Gasteiger partial charge in [-0.2, -0.15) is 0 Å². The van der Waals surface area contributed by atoms with Crippen LogP contribution in [0.3, 0.4) is 0 Å². The van der Waals surface area contributed by atoms with E-state index in [-0.39, 0.29) is 11.2 Å². The summed E-state index contributed by atoms with van der Waals surface area (Å²) in [5.74, 6) is 0.224. The van der Waals surface area contributed by atoms with E-state index in [0.717, 1.165) is 29.7 Å². The fourth-order valence-electron chi connectivity index (χ4n) is 3.24. The van der Waals surface area contributed by atoms with E-state index >= 15 is 0 Å². The van der Waals surface area contributed by atoms with Gasteiger partial charge in [-0.15, -0.1) is 0 Å². The first-order valence-corrected chi connectivity index (χ1v) is 10.00. The van der Waals surface area contributed by atoms with E-state index in [9.17, 15) is 14.3 Å². The van der Waals surface area contributed by atoms with Crippen LogP contribution in [0.4, 0.5) is 9.18 Å². The number of hydrogen-bond acceptors (Lipinski definition) is 3. The number of nitrogens with one attached hydrogen (secondary N) is 2. The van der Waals surface area contributed by atoms with Crippen LogP contribution in [0.25, 0.3) is 11.3 Å². The molecule has 0 fully saturated rings. The van der Waals surface area contributed by atoms with Crippen LogP contribution in [0.2, 0.25) is 0 Å². The van der Waals surface area contributed by atoms with E-state index in [1.54, 1.807) is 12.3 Å². The van der Waals surface area contributed by atoms with Crippen molar-refractivity contribution in [2.24, 2.45) is 5.41 Å². The van der Waals surface area contributed by atoms with Gasteiger partial charge in [0.25, 0.3) is 0 Å². The number of aromatic nitrogens is 3. The second-order valence-electron chi connectivity index (χ2n) is 8.25. The number of imidazole rings is 1. The molecule has 2 heterocycles. The number of hydrogen-bond donors (Lipinski definition) is 3. The molecule has 0 bridgehead atoms. The van der Waals surface area contributed by atoms with Crippen molar-refractivity contribution < 1.29 is 14.3 Å². The molecule has 3 aromatic rings. The summed E-state index contributed by atoms with van der Waals surface area (Å²) in [5, 5.41) is 11.8. The number of H-pyrrole nitrogens is 1. The van der Waals surface area contributed by atoms with Gasteiger partial charge in [0, 0.05) is 23.9 Å². The Morgan fingerprint density at radius 1 is 1.17 bits per heavy atom. The van der Waals surface area contributed by atoms with Crippen LogP contribution in [0.1, 0.15) is 50.3 Å². The zero-order valence-electron chi connectivity index (χ0n) is 17.4. The summed E-state index contributed by atoms with van der Waals surface area (Å²) < 4.78 is 13.1. The molecule has 0 aliphatic heterocycles. The highest BCUT2D eigenvalue weighted by molar-refractivity contribution is 5.65. The molecule has 1 amide bonds. The minimum absolute atomic E-state index is 0.143. The van der Waals surface area contributed by atoms with Crippen molar-refractivity contribution in [1.29, 1.82) is 0 Å². The summed E-state index contributed by atoms with van der Waals surface area (Å²) in [7, 11) is 0. The molecule has 0 spiro atoms. The molecule has 1 atom stereocenters. The molecule has 1 aromatic carbocycles. The van der Waals surface area contributed by atoms with Gasteiger partial charge in [0.1, 0.15) is 11.6 Å². The van der Waals surface area contributed by atoms with E-state index in [1.807, 2.05) is 24.3 Å². The van der Waals surface area contributed by atoms with Gasteiger partial charge in [-0.25, -0.2) is 14.2 Å². The number of benzene rings is 1. The Hall–Kier alpha value is -3.22. The normalized spacial score (nSPS) is 12.5. The second-order valence-corrected chi connectivity index (χ2v) is 8.25. The van der Waals surface area contributed by atoms with Gasteiger partial charge in [-0.05, 0) is 29.5 Å². The summed E-state index contributed by atoms with van der Waals surface area (Å²) in [4.78, 5) is 23.1. The van der Waals surface area contributed by atoms with Gasteiger partial charge in [0.2, 0.25) is 0 Å². The number of carbonyl (C=O) groups is 1. The highest BCUT2D eigenvalue weighted by atomic mass is 19.1. The minimum atomic E-state index is -1.10. The third-order valence-electron chi connectivity index (χ3n) is 5.32. The summed E-state index contributed by atoms with van der Waals surface area (Å²) in [6, 6.07) is 10.1. The molecule has 1 unspecified atom stereocenters. The Bertz CT molecular complexity index is 981. The standard InChI is InChI=1S/C23H27FN4O2/c1-4-23(2,3)12-18-14-26-21(27-18)20(28-22(29)30)11-15-5-7-16(8-6-15)19-10-9-17(24)13-25-19/h5-10,13-14,20,28H,4,11-12H2,1-3H3,(H,26,27)(H,29,30).